The van der Waals surface area contributed by atoms with Crippen LogP contribution in [0, 0.1) is 11.2 Å². The monoisotopic (exact) mass is 406 g/mol. The van der Waals surface area contributed by atoms with E-state index in [1.807, 2.05) is 12.1 Å². The van der Waals surface area contributed by atoms with E-state index in [-0.39, 0.29) is 24.0 Å². The topological polar surface area (TPSA) is 77.0 Å². The van der Waals surface area contributed by atoms with Crippen molar-refractivity contribution in [2.45, 2.75) is 32.7 Å². The van der Waals surface area contributed by atoms with E-state index in [1.165, 1.54) is 12.1 Å². The molecular weight excluding hydrogens is 383 g/mol. The number of fused-ring (bicyclic) bond motifs is 1. The zero-order valence-corrected chi connectivity index (χ0v) is 16.9. The molecule has 2 heterocycles. The van der Waals surface area contributed by atoms with Gasteiger partial charge in [-0.2, -0.15) is 0 Å². The van der Waals surface area contributed by atoms with Crippen molar-refractivity contribution < 1.29 is 13.9 Å². The van der Waals surface area contributed by atoms with E-state index in [4.69, 9.17) is 9.72 Å². The molecule has 0 unspecified atom stereocenters. The molecule has 0 bridgehead atoms. The van der Waals surface area contributed by atoms with Gasteiger partial charge in [-0.05, 0) is 42.5 Å². The minimum Gasteiger partial charge on any atom is -0.484 e. The fourth-order valence-corrected chi connectivity index (χ4v) is 3.76. The molecule has 3 aromatic rings. The van der Waals surface area contributed by atoms with Crippen LogP contribution in [-0.2, 0) is 11.2 Å². The number of carbonyl (C=O) groups excluding carboxylic acids is 1. The lowest BCUT2D eigenvalue weighted by atomic mass is 9.74. The highest BCUT2D eigenvalue weighted by Crippen LogP contribution is 2.40. The van der Waals surface area contributed by atoms with Gasteiger partial charge in [-0.15, -0.1) is 0 Å². The third-order valence-electron chi connectivity index (χ3n) is 5.12. The second kappa shape index (κ2) is 8.18. The Hall–Kier alpha value is -3.35. The van der Waals surface area contributed by atoms with Gasteiger partial charge in [-0.25, -0.2) is 14.4 Å². The summed E-state index contributed by atoms with van der Waals surface area (Å²) in [6, 6.07) is 9.27. The quantitative estimate of drug-likeness (QED) is 0.696. The first-order chi connectivity index (χ1) is 14.4. The van der Waals surface area contributed by atoms with Crippen molar-refractivity contribution in [3.05, 3.63) is 72.1 Å². The number of nitrogens with zero attached hydrogens (tertiary/aromatic N) is 3. The number of hydrogen-bond acceptors (Lipinski definition) is 5. The van der Waals surface area contributed by atoms with E-state index < -0.39 is 5.82 Å². The number of benzene rings is 1. The van der Waals surface area contributed by atoms with Crippen LogP contribution in [0.25, 0.3) is 11.4 Å². The van der Waals surface area contributed by atoms with Crippen LogP contribution >= 0.6 is 0 Å². The summed E-state index contributed by atoms with van der Waals surface area (Å²) in [5, 5.41) is 3.03. The van der Waals surface area contributed by atoms with E-state index in [1.54, 1.807) is 30.7 Å². The predicted molar refractivity (Wildman–Crippen MR) is 110 cm³/mol. The predicted octanol–water partition coefficient (Wildman–Crippen LogP) is 3.89. The Bertz CT molecular complexity index is 1060. The Morgan fingerprint density at radius 2 is 2.07 bits per heavy atom. The molecule has 0 fully saturated rings. The Labute approximate surface area is 174 Å². The van der Waals surface area contributed by atoms with Crippen LogP contribution in [-0.4, -0.2) is 27.5 Å². The van der Waals surface area contributed by atoms with Crippen LogP contribution in [0.15, 0.2) is 55.0 Å². The molecule has 0 spiro atoms. The van der Waals surface area contributed by atoms with E-state index >= 15 is 0 Å². The standard InChI is InChI=1S/C23H23FN4O2/c1-23(2)11-19(27-21(29)14-30-17-5-3-4-16(24)10-17)18-13-26-22(28-20(18)12-23)15-6-8-25-9-7-15/h3-10,13,19H,11-12,14H2,1-2H3,(H,27,29)/t19-/m0/s1. The largest absolute Gasteiger partial charge is 0.484 e. The highest BCUT2D eigenvalue weighted by Gasteiger charge is 2.34. The SMILES string of the molecule is CC1(C)Cc2nc(-c3ccncc3)ncc2[C@@H](NC(=O)COc2cccc(F)c2)C1. The van der Waals surface area contributed by atoms with E-state index in [0.717, 1.165) is 29.7 Å². The van der Waals surface area contributed by atoms with Crippen molar-refractivity contribution in [2.75, 3.05) is 6.61 Å². The van der Waals surface area contributed by atoms with Crippen LogP contribution in [0.3, 0.4) is 0 Å². The number of carbonyl (C=O) groups is 1. The summed E-state index contributed by atoms with van der Waals surface area (Å²) in [7, 11) is 0. The molecule has 1 N–H and O–H groups in total. The van der Waals surface area contributed by atoms with Gasteiger partial charge in [0.1, 0.15) is 11.6 Å². The maximum absolute atomic E-state index is 13.3. The summed E-state index contributed by atoms with van der Waals surface area (Å²) in [6.45, 7) is 4.13. The number of pyridine rings is 1. The first kappa shape index (κ1) is 19.9. The maximum Gasteiger partial charge on any atom is 0.258 e. The number of hydrogen-bond donors (Lipinski definition) is 1. The van der Waals surface area contributed by atoms with E-state index in [0.29, 0.717) is 11.6 Å². The van der Waals surface area contributed by atoms with Crippen LogP contribution in [0.5, 0.6) is 5.75 Å². The number of rotatable bonds is 5. The molecule has 0 saturated heterocycles. The summed E-state index contributed by atoms with van der Waals surface area (Å²) in [5.41, 5.74) is 2.73. The molecule has 7 heteroatoms. The van der Waals surface area contributed by atoms with Gasteiger partial charge in [0.15, 0.2) is 12.4 Å². The molecule has 4 rings (SSSR count). The molecular formula is C23H23FN4O2. The lowest BCUT2D eigenvalue weighted by molar-refractivity contribution is -0.124. The van der Waals surface area contributed by atoms with Crippen molar-refractivity contribution in [3.8, 4) is 17.1 Å². The second-order valence-corrected chi connectivity index (χ2v) is 8.24. The minimum absolute atomic E-state index is 0.0295. The maximum atomic E-state index is 13.3. The first-order valence-electron chi connectivity index (χ1n) is 9.84. The first-order valence-corrected chi connectivity index (χ1v) is 9.84. The van der Waals surface area contributed by atoms with Crippen LogP contribution in [0.1, 0.15) is 37.6 Å². The van der Waals surface area contributed by atoms with Gasteiger partial charge < -0.3 is 10.1 Å². The highest BCUT2D eigenvalue weighted by atomic mass is 19.1. The minimum atomic E-state index is -0.405. The summed E-state index contributed by atoms with van der Waals surface area (Å²) in [4.78, 5) is 25.8. The summed E-state index contributed by atoms with van der Waals surface area (Å²) < 4.78 is 18.7. The molecule has 0 saturated carbocycles. The van der Waals surface area contributed by atoms with Gasteiger partial charge in [0, 0.05) is 35.8 Å². The molecule has 6 nitrogen and oxygen atoms in total. The number of halogens is 1. The molecule has 1 aliphatic carbocycles. The van der Waals surface area contributed by atoms with E-state index in [2.05, 4.69) is 29.1 Å². The van der Waals surface area contributed by atoms with Crippen molar-refractivity contribution in [2.24, 2.45) is 5.41 Å². The lowest BCUT2D eigenvalue weighted by Crippen LogP contribution is -2.39. The van der Waals surface area contributed by atoms with Crippen molar-refractivity contribution in [3.63, 3.8) is 0 Å². The van der Waals surface area contributed by atoms with Crippen LogP contribution < -0.4 is 10.1 Å². The van der Waals surface area contributed by atoms with Gasteiger partial charge >= 0.3 is 0 Å². The fourth-order valence-electron chi connectivity index (χ4n) is 3.76. The Kier molecular flexibility index (Phi) is 5.44. The normalized spacial score (nSPS) is 17.1. The summed E-state index contributed by atoms with van der Waals surface area (Å²) >= 11 is 0. The average Bonchev–Trinajstić information content (AvgIpc) is 2.72. The summed E-state index contributed by atoms with van der Waals surface area (Å²) in [6.07, 6.45) is 6.79. The highest BCUT2D eigenvalue weighted by molar-refractivity contribution is 5.78. The third kappa shape index (κ3) is 4.62. The number of ether oxygens (including phenoxy) is 1. The van der Waals surface area contributed by atoms with Crippen LogP contribution in [0.2, 0.25) is 0 Å². The van der Waals surface area contributed by atoms with Crippen molar-refractivity contribution >= 4 is 5.91 Å². The van der Waals surface area contributed by atoms with Gasteiger partial charge in [0.25, 0.3) is 5.91 Å². The Morgan fingerprint density at radius 1 is 1.27 bits per heavy atom. The number of aromatic nitrogens is 3. The van der Waals surface area contributed by atoms with E-state index in [9.17, 15) is 9.18 Å². The Balaban J connectivity index is 1.50. The number of amides is 1. The average molecular weight is 406 g/mol. The Morgan fingerprint density at radius 3 is 2.83 bits per heavy atom. The van der Waals surface area contributed by atoms with Gasteiger partial charge in [0.2, 0.25) is 0 Å². The molecule has 154 valence electrons. The molecule has 1 aliphatic rings. The van der Waals surface area contributed by atoms with Gasteiger partial charge in [-0.3, -0.25) is 9.78 Å². The molecule has 1 amide bonds. The smallest absolute Gasteiger partial charge is 0.258 e. The van der Waals surface area contributed by atoms with Gasteiger partial charge in [0.05, 0.1) is 11.7 Å². The van der Waals surface area contributed by atoms with Crippen molar-refractivity contribution in [1.29, 1.82) is 0 Å². The van der Waals surface area contributed by atoms with Crippen molar-refractivity contribution in [1.82, 2.24) is 20.3 Å². The second-order valence-electron chi connectivity index (χ2n) is 8.24. The molecule has 30 heavy (non-hydrogen) atoms. The zero-order valence-electron chi connectivity index (χ0n) is 16.9. The molecule has 1 atom stereocenters. The fraction of sp³-hybridized carbons (Fsp3) is 0.304. The lowest BCUT2D eigenvalue weighted by Gasteiger charge is -2.36. The zero-order chi connectivity index (χ0) is 21.1. The van der Waals surface area contributed by atoms with Crippen LogP contribution in [0.4, 0.5) is 4.39 Å². The molecule has 0 aliphatic heterocycles. The number of nitrogens with one attached hydrogen (secondary N) is 1. The molecule has 1 aromatic carbocycles. The molecule has 0 radical (unpaired) electrons. The summed E-state index contributed by atoms with van der Waals surface area (Å²) in [5.74, 6) is 0.289. The molecule has 2 aromatic heterocycles. The van der Waals surface area contributed by atoms with Gasteiger partial charge in [-0.1, -0.05) is 19.9 Å². The third-order valence-corrected chi connectivity index (χ3v) is 5.12.